The van der Waals surface area contributed by atoms with Crippen molar-refractivity contribution in [3.63, 3.8) is 0 Å². The molecule has 1 atom stereocenters. The van der Waals surface area contributed by atoms with E-state index in [9.17, 15) is 10.1 Å². The number of esters is 1. The van der Waals surface area contributed by atoms with Crippen LogP contribution in [0, 0.1) is 11.3 Å². The van der Waals surface area contributed by atoms with E-state index in [-0.39, 0.29) is 23.8 Å². The molecular weight excluding hydrogens is 492 g/mol. The number of carbonyl (C=O) groups is 1. The second kappa shape index (κ2) is 12.2. The number of rotatable bonds is 10. The highest BCUT2D eigenvalue weighted by atomic mass is 35.5. The molecule has 190 valence electrons. The van der Waals surface area contributed by atoms with Gasteiger partial charge in [-0.25, -0.2) is 4.79 Å². The quantitative estimate of drug-likeness (QED) is 0.196. The predicted molar refractivity (Wildman–Crippen MR) is 140 cm³/mol. The van der Waals surface area contributed by atoms with Gasteiger partial charge in [0.2, 0.25) is 5.88 Å². The Morgan fingerprint density at radius 1 is 1.03 bits per heavy atom. The van der Waals surface area contributed by atoms with Crippen LogP contribution in [0.1, 0.15) is 43.2 Å². The number of allylic oxidation sites excluding steroid dienone is 1. The fraction of sp³-hybridized carbons (Fsp3) is 0.241. The van der Waals surface area contributed by atoms with Crippen molar-refractivity contribution < 1.29 is 23.7 Å². The molecule has 0 saturated carbocycles. The molecule has 0 aromatic heterocycles. The van der Waals surface area contributed by atoms with Crippen LogP contribution in [-0.2, 0) is 4.79 Å². The molecule has 0 radical (unpaired) electrons. The van der Waals surface area contributed by atoms with Gasteiger partial charge in [-0.2, -0.15) is 5.26 Å². The van der Waals surface area contributed by atoms with E-state index in [4.69, 9.17) is 36.3 Å². The first-order valence-electron chi connectivity index (χ1n) is 12.0. The molecule has 0 fully saturated rings. The summed E-state index contributed by atoms with van der Waals surface area (Å²) in [7, 11) is 0. The largest absolute Gasteiger partial charge is 0.493 e. The van der Waals surface area contributed by atoms with Crippen molar-refractivity contribution in [1.82, 2.24) is 0 Å². The maximum Gasteiger partial charge on any atom is 0.349 e. The number of benzene rings is 3. The molecule has 3 aromatic carbocycles. The molecule has 37 heavy (non-hydrogen) atoms. The lowest BCUT2D eigenvalue weighted by molar-refractivity contribution is -0.136. The van der Waals surface area contributed by atoms with Gasteiger partial charge in [0.25, 0.3) is 0 Å². The van der Waals surface area contributed by atoms with Crippen LogP contribution in [0.15, 0.2) is 78.2 Å². The molecule has 3 aromatic rings. The summed E-state index contributed by atoms with van der Waals surface area (Å²) in [6, 6.07) is 21.5. The van der Waals surface area contributed by atoms with Crippen LogP contribution in [0.3, 0.4) is 0 Å². The first-order chi connectivity index (χ1) is 18.0. The number of fused-ring (bicyclic) bond motifs is 1. The summed E-state index contributed by atoms with van der Waals surface area (Å²) >= 11 is 5.94. The minimum Gasteiger partial charge on any atom is -0.493 e. The van der Waals surface area contributed by atoms with E-state index < -0.39 is 11.9 Å². The molecule has 2 N–H and O–H groups in total. The molecule has 0 aliphatic carbocycles. The summed E-state index contributed by atoms with van der Waals surface area (Å²) < 4.78 is 22.7. The number of unbranched alkanes of at least 4 members (excludes halogenated alkanes) is 2. The Kier molecular flexibility index (Phi) is 8.55. The number of hydrogen-bond acceptors (Lipinski definition) is 7. The minimum absolute atomic E-state index is 0.00597. The Balaban J connectivity index is 1.55. The maximum absolute atomic E-state index is 12.4. The third-order valence-electron chi connectivity index (χ3n) is 5.81. The summed E-state index contributed by atoms with van der Waals surface area (Å²) in [5.74, 6) is 0.696. The van der Waals surface area contributed by atoms with Gasteiger partial charge in [0.1, 0.15) is 34.6 Å². The number of carbonyl (C=O) groups excluding carboxylic acids is 1. The lowest BCUT2D eigenvalue weighted by atomic mass is 9.83. The second-order valence-electron chi connectivity index (χ2n) is 8.44. The summed E-state index contributed by atoms with van der Waals surface area (Å²) in [4.78, 5) is 12.4. The highest BCUT2D eigenvalue weighted by molar-refractivity contribution is 6.30. The van der Waals surface area contributed by atoms with Crippen LogP contribution in [0.4, 0.5) is 0 Å². The van der Waals surface area contributed by atoms with E-state index in [0.717, 1.165) is 24.8 Å². The van der Waals surface area contributed by atoms with E-state index in [2.05, 4.69) is 13.0 Å². The van der Waals surface area contributed by atoms with Gasteiger partial charge in [-0.3, -0.25) is 0 Å². The van der Waals surface area contributed by atoms with E-state index in [1.54, 1.807) is 42.5 Å². The molecule has 1 unspecified atom stereocenters. The summed E-state index contributed by atoms with van der Waals surface area (Å²) in [5.41, 5.74) is 7.96. The average Bonchev–Trinajstić information content (AvgIpc) is 2.89. The SMILES string of the molecule is CCCCCOc1ccccc1C1C(C#N)=C(N)Oc2cc(OC(=O)COc3cccc(Cl)c3)ccc21. The van der Waals surface area contributed by atoms with Gasteiger partial charge in [0.15, 0.2) is 6.61 Å². The standard InChI is InChI=1S/C29H27ClN2O5/c1-2-3-6-14-34-25-11-5-4-10-22(25)28-23-13-12-21(16-26(23)37-29(32)24(28)17-31)36-27(33)18-35-20-9-7-8-19(30)15-20/h4-5,7-13,15-16,28H,2-3,6,14,18,32H2,1H3. The smallest absolute Gasteiger partial charge is 0.349 e. The van der Waals surface area contributed by atoms with E-state index in [0.29, 0.717) is 34.4 Å². The number of halogens is 1. The lowest BCUT2D eigenvalue weighted by Gasteiger charge is -2.28. The number of nitriles is 1. The molecule has 4 rings (SSSR count). The number of nitrogens with two attached hydrogens (primary N) is 1. The Hall–Kier alpha value is -4.15. The van der Waals surface area contributed by atoms with E-state index in [1.807, 2.05) is 24.3 Å². The zero-order valence-electron chi connectivity index (χ0n) is 20.4. The summed E-state index contributed by atoms with van der Waals surface area (Å²) in [6.45, 7) is 2.41. The third-order valence-corrected chi connectivity index (χ3v) is 6.05. The van der Waals surface area contributed by atoms with E-state index >= 15 is 0 Å². The molecular formula is C29H27ClN2O5. The number of hydrogen-bond donors (Lipinski definition) is 1. The van der Waals surface area contributed by atoms with Crippen LogP contribution in [0.25, 0.3) is 0 Å². The summed E-state index contributed by atoms with van der Waals surface area (Å²) in [6.07, 6.45) is 3.11. The second-order valence-corrected chi connectivity index (χ2v) is 8.87. The van der Waals surface area contributed by atoms with Crippen molar-refractivity contribution in [3.8, 4) is 29.1 Å². The Labute approximate surface area is 221 Å². The Bertz CT molecular complexity index is 1350. The predicted octanol–water partition coefficient (Wildman–Crippen LogP) is 6.11. The van der Waals surface area contributed by atoms with Gasteiger partial charge in [0, 0.05) is 22.2 Å². The Morgan fingerprint density at radius 2 is 1.86 bits per heavy atom. The van der Waals surface area contributed by atoms with Gasteiger partial charge in [-0.15, -0.1) is 0 Å². The van der Waals surface area contributed by atoms with Crippen LogP contribution < -0.4 is 24.7 Å². The van der Waals surface area contributed by atoms with Crippen molar-refractivity contribution in [1.29, 1.82) is 5.26 Å². The fourth-order valence-electron chi connectivity index (χ4n) is 4.06. The van der Waals surface area contributed by atoms with Crippen LogP contribution in [0.2, 0.25) is 5.02 Å². The first kappa shape index (κ1) is 25.9. The molecule has 7 nitrogen and oxygen atoms in total. The monoisotopic (exact) mass is 518 g/mol. The van der Waals surface area contributed by atoms with Gasteiger partial charge in [-0.05, 0) is 36.8 Å². The third kappa shape index (κ3) is 6.35. The topological polar surface area (TPSA) is 104 Å². The zero-order valence-corrected chi connectivity index (χ0v) is 21.2. The van der Waals surface area contributed by atoms with Crippen molar-refractivity contribution >= 4 is 17.6 Å². The van der Waals surface area contributed by atoms with Crippen LogP contribution in [0.5, 0.6) is 23.0 Å². The van der Waals surface area contributed by atoms with Gasteiger partial charge in [0.05, 0.1) is 12.5 Å². The molecule has 1 aliphatic rings. The van der Waals surface area contributed by atoms with Gasteiger partial charge < -0.3 is 24.7 Å². The normalized spacial score (nSPS) is 14.2. The first-order valence-corrected chi connectivity index (χ1v) is 12.4. The number of nitrogens with zero attached hydrogens (tertiary/aromatic N) is 1. The Morgan fingerprint density at radius 3 is 2.65 bits per heavy atom. The summed E-state index contributed by atoms with van der Waals surface area (Å²) in [5, 5.41) is 10.4. The number of ether oxygens (including phenoxy) is 4. The van der Waals surface area contributed by atoms with Crippen LogP contribution in [-0.4, -0.2) is 19.2 Å². The molecule has 0 saturated heterocycles. The van der Waals surface area contributed by atoms with Crippen molar-refractivity contribution in [2.75, 3.05) is 13.2 Å². The molecule has 8 heteroatoms. The highest BCUT2D eigenvalue weighted by Gasteiger charge is 2.33. The number of para-hydroxylation sites is 1. The molecule has 0 bridgehead atoms. The van der Waals surface area contributed by atoms with Gasteiger partial charge >= 0.3 is 5.97 Å². The average molecular weight is 519 g/mol. The zero-order chi connectivity index (χ0) is 26.2. The molecule has 1 aliphatic heterocycles. The molecule has 0 amide bonds. The van der Waals surface area contributed by atoms with Crippen LogP contribution >= 0.6 is 11.6 Å². The van der Waals surface area contributed by atoms with Crippen molar-refractivity contribution in [3.05, 3.63) is 94.3 Å². The highest BCUT2D eigenvalue weighted by Crippen LogP contribution is 2.45. The maximum atomic E-state index is 12.4. The molecule has 1 heterocycles. The molecule has 0 spiro atoms. The van der Waals surface area contributed by atoms with Crippen molar-refractivity contribution in [2.24, 2.45) is 5.73 Å². The fourth-order valence-corrected chi connectivity index (χ4v) is 4.24. The van der Waals surface area contributed by atoms with Crippen molar-refractivity contribution in [2.45, 2.75) is 32.1 Å². The van der Waals surface area contributed by atoms with Gasteiger partial charge in [-0.1, -0.05) is 61.7 Å². The minimum atomic E-state index is -0.598. The lowest BCUT2D eigenvalue weighted by Crippen LogP contribution is -2.22. The van der Waals surface area contributed by atoms with E-state index in [1.165, 1.54) is 0 Å².